The molecule has 0 aliphatic heterocycles. The second-order valence-electron chi connectivity index (χ2n) is 8.58. The summed E-state index contributed by atoms with van der Waals surface area (Å²) in [5.74, 6) is 0.0217. The smallest absolute Gasteiger partial charge is 0.872 e. The maximum absolute atomic E-state index is 11.8. The Hall–Kier alpha value is -3.56. The van der Waals surface area contributed by atoms with Gasteiger partial charge in [-0.3, -0.25) is 19.8 Å². The van der Waals surface area contributed by atoms with Gasteiger partial charge in [0.1, 0.15) is 0 Å². The zero-order chi connectivity index (χ0) is 30.8. The summed E-state index contributed by atoms with van der Waals surface area (Å²) >= 11 is 0. The molecule has 2 rings (SSSR count). The minimum atomic E-state index is 0. The van der Waals surface area contributed by atoms with Crippen molar-refractivity contribution in [3.05, 3.63) is 116 Å². The average Bonchev–Trinajstić information content (AvgIpc) is 2.90. The fourth-order valence-corrected chi connectivity index (χ4v) is 2.69. The molecule has 0 spiro atoms. The largest absolute Gasteiger partial charge is 2.00 e. The van der Waals surface area contributed by atoms with Crippen molar-refractivity contribution in [3.63, 3.8) is 0 Å². The molecule has 0 atom stereocenters. The van der Waals surface area contributed by atoms with E-state index in [1.54, 1.807) is 12.2 Å². The van der Waals surface area contributed by atoms with Crippen molar-refractivity contribution in [3.8, 4) is 0 Å². The minimum absolute atomic E-state index is 0. The maximum atomic E-state index is 11.8. The third kappa shape index (κ3) is 28.0. The Labute approximate surface area is 270 Å². The van der Waals surface area contributed by atoms with E-state index >= 15 is 0 Å². The van der Waals surface area contributed by atoms with Crippen LogP contribution in [0, 0.1) is 0 Å². The monoisotopic (exact) mass is 672 g/mol. The molecule has 0 N–H and O–H groups in total. The summed E-state index contributed by atoms with van der Waals surface area (Å²) in [4.78, 5) is 15.8. The standard InChI is InChI=1S/2C14H20N2O.2Cu.2N3/c2*1-12(15-9-10-16(2)3)11-14(17)13-7-5-4-6-8-13;;;2*1-3-2/h2*4-8,11,17H,9-10H2,1-3H3;;;;/q;;2*+2;2*-1/p-2/b2*14-11-,15-12?;;;;. The molecule has 0 aliphatic rings. The van der Waals surface area contributed by atoms with Gasteiger partial charge >= 0.3 is 34.1 Å². The van der Waals surface area contributed by atoms with Crippen LogP contribution in [0.15, 0.2) is 82.8 Å². The van der Waals surface area contributed by atoms with Crippen molar-refractivity contribution in [2.45, 2.75) is 13.8 Å². The van der Waals surface area contributed by atoms with Gasteiger partial charge in [-0.1, -0.05) is 72.2 Å². The van der Waals surface area contributed by atoms with Gasteiger partial charge in [-0.05, 0) is 65.3 Å². The van der Waals surface area contributed by atoms with Crippen LogP contribution in [-0.2, 0) is 34.1 Å². The number of benzene rings is 2. The van der Waals surface area contributed by atoms with Crippen LogP contribution in [0.1, 0.15) is 25.0 Å². The number of hydrogen-bond acceptors (Lipinski definition) is 6. The number of aliphatic imine (C=N–C) groups is 2. The molecular weight excluding hydrogens is 635 g/mol. The molecule has 0 saturated heterocycles. The van der Waals surface area contributed by atoms with E-state index in [0.29, 0.717) is 11.1 Å². The van der Waals surface area contributed by atoms with Gasteiger partial charge in [0, 0.05) is 24.5 Å². The van der Waals surface area contributed by atoms with Gasteiger partial charge in [-0.15, -0.1) is 0 Å². The van der Waals surface area contributed by atoms with Crippen molar-refractivity contribution < 1.29 is 44.4 Å². The SMILES string of the molecule is CC(/C=C(\[O-])c1ccccc1)=NCCN(C)C.CC(/C=C(\[O-])c1ccccc1)=NCCN(C)C.[Cu+2].[Cu+2].[N-]=[N+]=[N-].[N-]=[N+]=[N-]. The summed E-state index contributed by atoms with van der Waals surface area (Å²) in [7, 11) is 8.01. The van der Waals surface area contributed by atoms with Crippen LogP contribution in [0.2, 0.25) is 0 Å². The number of allylic oxidation sites excluding steroid dienone is 2. The second-order valence-corrected chi connectivity index (χ2v) is 8.58. The van der Waals surface area contributed by atoms with Crippen molar-refractivity contribution in [2.75, 3.05) is 54.4 Å². The molecule has 0 unspecified atom stereocenters. The summed E-state index contributed by atoms with van der Waals surface area (Å²) in [5.41, 5.74) is 30.0. The van der Waals surface area contributed by atoms with Crippen molar-refractivity contribution in [2.24, 2.45) is 9.98 Å². The average molecular weight is 674 g/mol. The van der Waals surface area contributed by atoms with E-state index in [1.807, 2.05) is 103 Å². The number of rotatable bonds is 10. The quantitative estimate of drug-likeness (QED) is 0.0892. The van der Waals surface area contributed by atoms with Gasteiger partial charge in [0.05, 0.1) is 13.1 Å². The molecule has 12 nitrogen and oxygen atoms in total. The van der Waals surface area contributed by atoms with Crippen LogP contribution in [0.25, 0.3) is 43.5 Å². The van der Waals surface area contributed by atoms with Crippen LogP contribution in [0.3, 0.4) is 0 Å². The third-order valence-electron chi connectivity index (χ3n) is 4.61. The van der Waals surface area contributed by atoms with Crippen molar-refractivity contribution in [1.82, 2.24) is 9.80 Å². The number of likely N-dealkylation sites (N-methyl/N-ethyl adjacent to an activating group) is 2. The summed E-state index contributed by atoms with van der Waals surface area (Å²) in [6.45, 7) is 6.94. The summed E-state index contributed by atoms with van der Waals surface area (Å²) in [6, 6.07) is 18.5. The van der Waals surface area contributed by atoms with E-state index in [2.05, 4.69) is 19.8 Å². The van der Waals surface area contributed by atoms with Crippen LogP contribution in [0.4, 0.5) is 0 Å². The van der Waals surface area contributed by atoms with Crippen LogP contribution in [-0.4, -0.2) is 75.6 Å². The molecule has 0 aliphatic carbocycles. The first-order valence-corrected chi connectivity index (χ1v) is 12.2. The Morgan fingerprint density at radius 3 is 1.14 bits per heavy atom. The van der Waals surface area contributed by atoms with Gasteiger partial charge in [-0.2, -0.15) is 0 Å². The molecule has 0 aromatic heterocycles. The molecule has 0 fully saturated rings. The Kier molecular flexibility index (Phi) is 32.9. The van der Waals surface area contributed by atoms with E-state index in [0.717, 1.165) is 37.6 Å². The number of nitrogens with zero attached hydrogens (tertiary/aromatic N) is 10. The molecule has 234 valence electrons. The predicted molar refractivity (Wildman–Crippen MR) is 162 cm³/mol. The third-order valence-corrected chi connectivity index (χ3v) is 4.61. The number of hydrogen-bond donors (Lipinski definition) is 0. The Morgan fingerprint density at radius 2 is 0.905 bits per heavy atom. The molecule has 42 heavy (non-hydrogen) atoms. The fourth-order valence-electron chi connectivity index (χ4n) is 2.69. The normalized spacial score (nSPS) is 11.0. The molecule has 14 heteroatoms. The van der Waals surface area contributed by atoms with Crippen LogP contribution < -0.4 is 10.2 Å². The molecule has 0 heterocycles. The van der Waals surface area contributed by atoms with Gasteiger partial charge < -0.3 is 42.1 Å². The molecule has 2 aromatic rings. The van der Waals surface area contributed by atoms with Crippen LogP contribution in [0.5, 0.6) is 0 Å². The Bertz CT molecular complexity index is 1050. The zero-order valence-electron chi connectivity index (χ0n) is 24.6. The van der Waals surface area contributed by atoms with Gasteiger partial charge in [0.15, 0.2) is 0 Å². The topological polar surface area (TPSA) is 195 Å². The second kappa shape index (κ2) is 30.4. The van der Waals surface area contributed by atoms with E-state index < -0.39 is 0 Å². The molecule has 0 saturated carbocycles. The van der Waals surface area contributed by atoms with E-state index in [9.17, 15) is 10.2 Å². The van der Waals surface area contributed by atoms with Crippen LogP contribution >= 0.6 is 0 Å². The summed E-state index contributed by atoms with van der Waals surface area (Å²) in [6.07, 6.45) is 3.18. The first-order chi connectivity index (χ1) is 19.0. The molecule has 0 amide bonds. The van der Waals surface area contributed by atoms with E-state index in [-0.39, 0.29) is 45.7 Å². The van der Waals surface area contributed by atoms with E-state index in [4.69, 9.17) is 22.1 Å². The van der Waals surface area contributed by atoms with Gasteiger partial charge in [0.2, 0.25) is 0 Å². The van der Waals surface area contributed by atoms with Crippen molar-refractivity contribution >= 4 is 22.9 Å². The Balaban J connectivity index is -0.000000278. The zero-order valence-corrected chi connectivity index (χ0v) is 26.5. The maximum Gasteiger partial charge on any atom is 2.00 e. The molecule has 2 radical (unpaired) electrons. The first kappa shape index (κ1) is 45.4. The summed E-state index contributed by atoms with van der Waals surface area (Å²) < 4.78 is 0. The van der Waals surface area contributed by atoms with Crippen molar-refractivity contribution in [1.29, 1.82) is 0 Å². The Morgan fingerprint density at radius 1 is 0.643 bits per heavy atom. The minimum Gasteiger partial charge on any atom is -0.872 e. The van der Waals surface area contributed by atoms with E-state index in [1.165, 1.54) is 9.82 Å². The van der Waals surface area contributed by atoms with Gasteiger partial charge in [0.25, 0.3) is 0 Å². The van der Waals surface area contributed by atoms with Gasteiger partial charge in [-0.25, -0.2) is 0 Å². The summed E-state index contributed by atoms with van der Waals surface area (Å²) in [5, 5.41) is 23.6. The fraction of sp³-hybridized carbons (Fsp3) is 0.357. The molecular formula is C28H38Cu2N10O2. The molecule has 2 aromatic carbocycles. The first-order valence-electron chi connectivity index (χ1n) is 12.2. The predicted octanol–water partition coefficient (Wildman–Crippen LogP) is 4.55. The molecule has 0 bridgehead atoms.